The van der Waals surface area contributed by atoms with Crippen molar-refractivity contribution < 1.29 is 9.26 Å². The second kappa shape index (κ2) is 8.23. The third kappa shape index (κ3) is 3.94. The van der Waals surface area contributed by atoms with Gasteiger partial charge in [-0.3, -0.25) is 4.90 Å². The van der Waals surface area contributed by atoms with Crippen LogP contribution in [0.5, 0.6) is 5.75 Å². The second-order valence-corrected chi connectivity index (χ2v) is 8.01. The van der Waals surface area contributed by atoms with Gasteiger partial charge in [-0.15, -0.1) is 11.3 Å². The van der Waals surface area contributed by atoms with E-state index in [9.17, 15) is 0 Å². The van der Waals surface area contributed by atoms with Gasteiger partial charge in [-0.25, -0.2) is 0 Å². The van der Waals surface area contributed by atoms with Crippen LogP contribution in [0.4, 0.5) is 0 Å². The smallest absolute Gasteiger partial charge is 0.178 e. The molecule has 138 valence electrons. The van der Waals surface area contributed by atoms with Crippen molar-refractivity contribution in [3.8, 4) is 17.0 Å². The number of ether oxygens (including phenoxy) is 1. The molecule has 26 heavy (non-hydrogen) atoms. The van der Waals surface area contributed by atoms with Crippen LogP contribution >= 0.6 is 11.3 Å². The number of rotatable bonds is 7. The highest BCUT2D eigenvalue weighted by Gasteiger charge is 2.18. The first-order valence-corrected chi connectivity index (χ1v) is 10.5. The Hall–Kier alpha value is -1.85. The average molecular weight is 371 g/mol. The fourth-order valence-electron chi connectivity index (χ4n) is 3.79. The Morgan fingerprint density at radius 1 is 1.27 bits per heavy atom. The Morgan fingerprint density at radius 3 is 3.00 bits per heavy atom. The van der Waals surface area contributed by atoms with Crippen LogP contribution in [0.2, 0.25) is 0 Å². The normalized spacial score (nSPS) is 16.3. The summed E-state index contributed by atoms with van der Waals surface area (Å²) in [5, 5.41) is 6.25. The molecular weight excluding hydrogens is 344 g/mol. The summed E-state index contributed by atoms with van der Waals surface area (Å²) in [6.07, 6.45) is 5.38. The van der Waals surface area contributed by atoms with Gasteiger partial charge in [-0.05, 0) is 55.4 Å². The molecule has 5 heteroatoms. The van der Waals surface area contributed by atoms with Crippen molar-refractivity contribution in [1.82, 2.24) is 10.1 Å². The van der Waals surface area contributed by atoms with E-state index in [1.165, 1.54) is 38.8 Å². The van der Waals surface area contributed by atoms with E-state index >= 15 is 0 Å². The van der Waals surface area contributed by atoms with Crippen LogP contribution in [0, 0.1) is 5.92 Å². The van der Waals surface area contributed by atoms with E-state index in [4.69, 9.17) is 9.26 Å². The van der Waals surface area contributed by atoms with E-state index in [1.54, 1.807) is 11.3 Å². The van der Waals surface area contributed by atoms with Crippen LogP contribution in [0.25, 0.3) is 21.5 Å². The first-order chi connectivity index (χ1) is 12.8. The lowest BCUT2D eigenvalue weighted by molar-refractivity contribution is 0.151. The third-order valence-electron chi connectivity index (χ3n) is 5.27. The Morgan fingerprint density at radius 2 is 2.15 bits per heavy atom. The summed E-state index contributed by atoms with van der Waals surface area (Å²) in [7, 11) is 0. The van der Waals surface area contributed by atoms with Crippen LogP contribution in [0.1, 0.15) is 32.6 Å². The SMILES string of the molecule is CCCC1CCN(CCOc2cccc(-c3noc4ccsc34)c2)CC1. The molecule has 1 aliphatic heterocycles. The summed E-state index contributed by atoms with van der Waals surface area (Å²) < 4.78 is 12.5. The molecule has 0 N–H and O–H groups in total. The van der Waals surface area contributed by atoms with Crippen molar-refractivity contribution in [2.45, 2.75) is 32.6 Å². The van der Waals surface area contributed by atoms with Crippen molar-refractivity contribution in [3.63, 3.8) is 0 Å². The van der Waals surface area contributed by atoms with Crippen LogP contribution in [0.15, 0.2) is 40.2 Å². The van der Waals surface area contributed by atoms with E-state index < -0.39 is 0 Å². The maximum Gasteiger partial charge on any atom is 0.178 e. The molecule has 4 rings (SSSR count). The monoisotopic (exact) mass is 370 g/mol. The van der Waals surface area contributed by atoms with Gasteiger partial charge in [0.05, 0.1) is 0 Å². The molecule has 0 atom stereocenters. The van der Waals surface area contributed by atoms with E-state index in [0.29, 0.717) is 0 Å². The number of thiophene rings is 1. The minimum Gasteiger partial charge on any atom is -0.492 e. The van der Waals surface area contributed by atoms with E-state index in [1.807, 2.05) is 23.6 Å². The molecule has 0 unspecified atom stereocenters. The van der Waals surface area contributed by atoms with Crippen LogP contribution in [-0.2, 0) is 0 Å². The maximum atomic E-state index is 6.02. The average Bonchev–Trinajstić information content (AvgIpc) is 3.27. The Balaban J connectivity index is 1.32. The standard InChI is InChI=1S/C21H26N2O2S/c1-2-4-16-7-10-23(11-8-16)12-13-24-18-6-3-5-17(15-18)20-21-19(25-22-20)9-14-26-21/h3,5-6,9,14-16H,2,4,7-8,10-13H2,1H3. The molecule has 0 spiro atoms. The van der Waals surface area contributed by atoms with Crippen molar-refractivity contribution in [2.75, 3.05) is 26.2 Å². The van der Waals surface area contributed by atoms with E-state index in [0.717, 1.165) is 46.4 Å². The lowest BCUT2D eigenvalue weighted by atomic mass is 9.92. The van der Waals surface area contributed by atoms with Gasteiger partial charge in [-0.1, -0.05) is 37.1 Å². The van der Waals surface area contributed by atoms with E-state index in [2.05, 4.69) is 29.1 Å². The maximum absolute atomic E-state index is 6.02. The number of piperidine rings is 1. The lowest BCUT2D eigenvalue weighted by Gasteiger charge is -2.31. The number of fused-ring (bicyclic) bond motifs is 1. The number of nitrogens with zero attached hydrogens (tertiary/aromatic N) is 2. The van der Waals surface area contributed by atoms with Gasteiger partial charge in [0, 0.05) is 12.1 Å². The van der Waals surface area contributed by atoms with Crippen molar-refractivity contribution in [3.05, 3.63) is 35.7 Å². The van der Waals surface area contributed by atoms with Crippen molar-refractivity contribution >= 4 is 21.6 Å². The number of likely N-dealkylation sites (tertiary alicyclic amines) is 1. The summed E-state index contributed by atoms with van der Waals surface area (Å²) >= 11 is 1.66. The topological polar surface area (TPSA) is 38.5 Å². The molecular formula is C21H26N2O2S. The first kappa shape index (κ1) is 17.6. The molecule has 0 amide bonds. The minimum absolute atomic E-state index is 0.731. The Labute approximate surface area is 158 Å². The molecule has 0 bridgehead atoms. The minimum atomic E-state index is 0.731. The zero-order valence-electron chi connectivity index (χ0n) is 15.3. The van der Waals surface area contributed by atoms with Crippen LogP contribution < -0.4 is 4.74 Å². The molecule has 4 nitrogen and oxygen atoms in total. The van der Waals surface area contributed by atoms with Gasteiger partial charge in [0.2, 0.25) is 0 Å². The molecule has 0 radical (unpaired) electrons. The largest absolute Gasteiger partial charge is 0.492 e. The highest BCUT2D eigenvalue weighted by Crippen LogP contribution is 2.33. The quantitative estimate of drug-likeness (QED) is 0.554. The summed E-state index contributed by atoms with van der Waals surface area (Å²) in [5.74, 6) is 1.83. The number of hydrogen-bond donors (Lipinski definition) is 0. The predicted molar refractivity (Wildman–Crippen MR) is 107 cm³/mol. The number of benzene rings is 1. The molecule has 1 aromatic carbocycles. The molecule has 3 aromatic rings. The van der Waals surface area contributed by atoms with Gasteiger partial charge in [-0.2, -0.15) is 0 Å². The van der Waals surface area contributed by atoms with Crippen molar-refractivity contribution in [2.24, 2.45) is 5.92 Å². The fourth-order valence-corrected chi connectivity index (χ4v) is 4.61. The number of hydrogen-bond acceptors (Lipinski definition) is 5. The third-order valence-corrected chi connectivity index (χ3v) is 6.17. The Bertz CT molecular complexity index is 833. The van der Waals surface area contributed by atoms with Crippen LogP contribution in [0.3, 0.4) is 0 Å². The van der Waals surface area contributed by atoms with Gasteiger partial charge < -0.3 is 9.26 Å². The first-order valence-electron chi connectivity index (χ1n) is 9.62. The summed E-state index contributed by atoms with van der Waals surface area (Å²) in [6.45, 7) is 6.45. The van der Waals surface area contributed by atoms with E-state index in [-0.39, 0.29) is 0 Å². The molecule has 1 saturated heterocycles. The summed E-state index contributed by atoms with van der Waals surface area (Å²) in [5.41, 5.74) is 2.80. The molecule has 1 aliphatic rings. The Kier molecular flexibility index (Phi) is 5.56. The van der Waals surface area contributed by atoms with Gasteiger partial charge in [0.25, 0.3) is 0 Å². The molecule has 1 fully saturated rings. The van der Waals surface area contributed by atoms with Gasteiger partial charge in [0.15, 0.2) is 5.58 Å². The zero-order valence-corrected chi connectivity index (χ0v) is 16.1. The highest BCUT2D eigenvalue weighted by atomic mass is 32.1. The molecule has 0 aliphatic carbocycles. The lowest BCUT2D eigenvalue weighted by Crippen LogP contribution is -2.36. The number of aromatic nitrogens is 1. The molecule has 2 aromatic heterocycles. The summed E-state index contributed by atoms with van der Waals surface area (Å²) in [4.78, 5) is 2.53. The predicted octanol–water partition coefficient (Wildman–Crippen LogP) is 5.45. The molecule has 3 heterocycles. The van der Waals surface area contributed by atoms with Crippen molar-refractivity contribution in [1.29, 1.82) is 0 Å². The highest BCUT2D eigenvalue weighted by molar-refractivity contribution is 7.17. The molecule has 0 saturated carbocycles. The van der Waals surface area contributed by atoms with Crippen LogP contribution in [-0.4, -0.2) is 36.3 Å². The summed E-state index contributed by atoms with van der Waals surface area (Å²) in [6, 6.07) is 10.1. The van der Waals surface area contributed by atoms with Gasteiger partial charge in [0.1, 0.15) is 22.8 Å². The van der Waals surface area contributed by atoms with Gasteiger partial charge >= 0.3 is 0 Å². The fraction of sp³-hybridized carbons (Fsp3) is 0.476. The second-order valence-electron chi connectivity index (χ2n) is 7.10. The zero-order chi connectivity index (χ0) is 17.8.